The maximum absolute atomic E-state index is 11.8. The maximum atomic E-state index is 11.8. The zero-order valence-electron chi connectivity index (χ0n) is 12.6. The van der Waals surface area contributed by atoms with E-state index in [2.05, 4.69) is 15.3 Å². The van der Waals surface area contributed by atoms with Crippen molar-refractivity contribution in [3.63, 3.8) is 0 Å². The van der Waals surface area contributed by atoms with E-state index in [0.717, 1.165) is 29.7 Å². The van der Waals surface area contributed by atoms with Crippen LogP contribution in [0.5, 0.6) is 0 Å². The van der Waals surface area contributed by atoms with Crippen LogP contribution in [0, 0.1) is 0 Å². The van der Waals surface area contributed by atoms with Crippen molar-refractivity contribution in [2.45, 2.75) is 25.8 Å². The van der Waals surface area contributed by atoms with Gasteiger partial charge in [0.15, 0.2) is 0 Å². The van der Waals surface area contributed by atoms with Gasteiger partial charge in [-0.05, 0) is 45.6 Å². The molecule has 0 radical (unpaired) electrons. The Labute approximate surface area is 129 Å². The van der Waals surface area contributed by atoms with Crippen LogP contribution in [-0.2, 0) is 11.2 Å². The second-order valence-electron chi connectivity index (χ2n) is 5.38. The smallest absolute Gasteiger partial charge is 0.237 e. The summed E-state index contributed by atoms with van der Waals surface area (Å²) in [5.74, 6) is 0.971. The Kier molecular flexibility index (Phi) is 5.20. The average molecular weight is 309 g/mol. The fourth-order valence-electron chi connectivity index (χ4n) is 2.00. The molecule has 0 saturated carbocycles. The van der Waals surface area contributed by atoms with Gasteiger partial charge in [-0.25, -0.2) is 4.98 Å². The molecule has 0 aliphatic rings. The molecule has 1 aromatic carbocycles. The second kappa shape index (κ2) is 6.91. The molecule has 0 aliphatic carbocycles. The Morgan fingerprint density at radius 3 is 2.95 bits per heavy atom. The van der Waals surface area contributed by atoms with E-state index in [1.165, 1.54) is 0 Å². The van der Waals surface area contributed by atoms with Crippen molar-refractivity contribution < 1.29 is 4.79 Å². The van der Waals surface area contributed by atoms with E-state index in [4.69, 9.17) is 11.6 Å². The van der Waals surface area contributed by atoms with E-state index in [0.29, 0.717) is 11.6 Å². The molecule has 1 aromatic heterocycles. The van der Waals surface area contributed by atoms with E-state index < -0.39 is 0 Å². The Hall–Kier alpha value is -1.59. The van der Waals surface area contributed by atoms with Crippen molar-refractivity contribution in [2.24, 2.45) is 0 Å². The highest BCUT2D eigenvalue weighted by molar-refractivity contribution is 6.31. The van der Waals surface area contributed by atoms with Crippen molar-refractivity contribution in [3.8, 4) is 0 Å². The van der Waals surface area contributed by atoms with Crippen molar-refractivity contribution in [1.29, 1.82) is 0 Å². The Morgan fingerprint density at radius 2 is 2.24 bits per heavy atom. The highest BCUT2D eigenvalue weighted by Gasteiger charge is 2.13. The predicted octanol–water partition coefficient (Wildman–Crippen LogP) is 2.22. The van der Waals surface area contributed by atoms with Gasteiger partial charge >= 0.3 is 0 Å². The lowest BCUT2D eigenvalue weighted by molar-refractivity contribution is -0.124. The van der Waals surface area contributed by atoms with Crippen LogP contribution in [0.25, 0.3) is 11.0 Å². The summed E-state index contributed by atoms with van der Waals surface area (Å²) in [5, 5.41) is 3.63. The number of rotatable bonds is 6. The second-order valence-corrected chi connectivity index (χ2v) is 5.82. The summed E-state index contributed by atoms with van der Waals surface area (Å²) in [6, 6.07) is 5.49. The van der Waals surface area contributed by atoms with Gasteiger partial charge in [0.25, 0.3) is 0 Å². The third-order valence-electron chi connectivity index (χ3n) is 3.54. The Morgan fingerprint density at radius 1 is 1.48 bits per heavy atom. The van der Waals surface area contributed by atoms with Crippen molar-refractivity contribution in [1.82, 2.24) is 20.2 Å². The highest BCUT2D eigenvalue weighted by Crippen LogP contribution is 2.17. The Bertz CT molecular complexity index is 623. The van der Waals surface area contributed by atoms with E-state index in [1.54, 1.807) is 0 Å². The number of halogens is 1. The number of benzene rings is 1. The first-order valence-electron chi connectivity index (χ1n) is 7.05. The van der Waals surface area contributed by atoms with Gasteiger partial charge in [-0.15, -0.1) is 0 Å². The van der Waals surface area contributed by atoms with Crippen molar-refractivity contribution in [3.05, 3.63) is 29.0 Å². The molecular formula is C15H21ClN4O. The molecule has 1 heterocycles. The highest BCUT2D eigenvalue weighted by atomic mass is 35.5. The molecule has 114 valence electrons. The molecule has 0 aliphatic heterocycles. The van der Waals surface area contributed by atoms with Crippen LogP contribution >= 0.6 is 11.6 Å². The number of H-pyrrole nitrogens is 1. The van der Waals surface area contributed by atoms with Crippen LogP contribution in [-0.4, -0.2) is 47.5 Å². The van der Waals surface area contributed by atoms with Gasteiger partial charge in [-0.1, -0.05) is 11.6 Å². The number of hydrogen-bond donors (Lipinski definition) is 2. The van der Waals surface area contributed by atoms with Gasteiger partial charge in [0.2, 0.25) is 5.91 Å². The molecule has 2 N–H and O–H groups in total. The fourth-order valence-corrected chi connectivity index (χ4v) is 2.17. The van der Waals surface area contributed by atoms with E-state index in [1.807, 2.05) is 44.1 Å². The number of amides is 1. The normalized spacial score (nSPS) is 12.8. The number of fused-ring (bicyclic) bond motifs is 1. The summed E-state index contributed by atoms with van der Waals surface area (Å²) in [6.07, 6.45) is 1.64. The quantitative estimate of drug-likeness (QED) is 0.804. The molecule has 0 bridgehead atoms. The van der Waals surface area contributed by atoms with Gasteiger partial charge in [-0.3, -0.25) is 9.69 Å². The first-order chi connectivity index (χ1) is 9.97. The van der Waals surface area contributed by atoms with Crippen LogP contribution in [0.1, 0.15) is 19.2 Å². The maximum Gasteiger partial charge on any atom is 0.237 e. The third kappa shape index (κ3) is 4.19. The number of imidazole rings is 1. The third-order valence-corrected chi connectivity index (χ3v) is 3.77. The van der Waals surface area contributed by atoms with Crippen LogP contribution in [0.15, 0.2) is 18.2 Å². The summed E-state index contributed by atoms with van der Waals surface area (Å²) in [5.41, 5.74) is 1.86. The van der Waals surface area contributed by atoms with Crippen LogP contribution in [0.2, 0.25) is 5.02 Å². The molecule has 0 unspecified atom stereocenters. The number of hydrogen-bond acceptors (Lipinski definition) is 3. The number of carbonyl (C=O) groups is 1. The lowest BCUT2D eigenvalue weighted by atomic mass is 10.2. The van der Waals surface area contributed by atoms with Gasteiger partial charge in [-0.2, -0.15) is 0 Å². The molecule has 2 rings (SSSR count). The first-order valence-corrected chi connectivity index (χ1v) is 7.43. The summed E-state index contributed by atoms with van der Waals surface area (Å²) < 4.78 is 0. The topological polar surface area (TPSA) is 61.0 Å². The lowest BCUT2D eigenvalue weighted by Gasteiger charge is -2.18. The SMILES string of the molecule is C[C@@H](C(=O)NCCCc1nc2ccc(Cl)cc2[nH]1)N(C)C. The number of nitrogens with zero attached hydrogens (tertiary/aromatic N) is 2. The summed E-state index contributed by atoms with van der Waals surface area (Å²) in [7, 11) is 3.79. The predicted molar refractivity (Wildman–Crippen MR) is 85.6 cm³/mol. The molecule has 1 amide bonds. The Balaban J connectivity index is 1.81. The number of aromatic nitrogens is 2. The minimum absolute atomic E-state index is 0.0522. The fraction of sp³-hybridized carbons (Fsp3) is 0.467. The monoisotopic (exact) mass is 308 g/mol. The largest absolute Gasteiger partial charge is 0.355 e. The minimum Gasteiger partial charge on any atom is -0.355 e. The van der Waals surface area contributed by atoms with Gasteiger partial charge in [0.1, 0.15) is 5.82 Å². The zero-order chi connectivity index (χ0) is 15.4. The molecule has 6 heteroatoms. The van der Waals surface area contributed by atoms with Gasteiger partial charge in [0.05, 0.1) is 17.1 Å². The standard InChI is InChI=1S/C15H21ClN4O/c1-10(20(2)3)15(21)17-8-4-5-14-18-12-7-6-11(16)9-13(12)19-14/h6-7,9-10H,4-5,8H2,1-3H3,(H,17,21)(H,18,19)/t10-/m0/s1. The summed E-state index contributed by atoms with van der Waals surface area (Å²) in [6.45, 7) is 2.53. The number of nitrogens with one attached hydrogen (secondary N) is 2. The number of likely N-dealkylation sites (N-methyl/N-ethyl adjacent to an activating group) is 1. The summed E-state index contributed by atoms with van der Waals surface area (Å²) >= 11 is 5.95. The summed E-state index contributed by atoms with van der Waals surface area (Å²) in [4.78, 5) is 21.4. The number of aryl methyl sites for hydroxylation is 1. The molecule has 21 heavy (non-hydrogen) atoms. The average Bonchev–Trinajstić information content (AvgIpc) is 2.84. The van der Waals surface area contributed by atoms with E-state index in [9.17, 15) is 4.79 Å². The first kappa shape index (κ1) is 15.8. The van der Waals surface area contributed by atoms with Gasteiger partial charge < -0.3 is 10.3 Å². The van der Waals surface area contributed by atoms with Crippen molar-refractivity contribution in [2.75, 3.05) is 20.6 Å². The molecule has 0 saturated heterocycles. The van der Waals surface area contributed by atoms with Crippen molar-refractivity contribution >= 4 is 28.5 Å². The molecule has 0 spiro atoms. The molecule has 2 aromatic rings. The van der Waals surface area contributed by atoms with E-state index >= 15 is 0 Å². The molecule has 5 nitrogen and oxygen atoms in total. The number of aromatic amines is 1. The molecular weight excluding hydrogens is 288 g/mol. The van der Waals surface area contributed by atoms with Crippen LogP contribution in [0.3, 0.4) is 0 Å². The molecule has 1 atom stereocenters. The molecule has 0 fully saturated rings. The zero-order valence-corrected chi connectivity index (χ0v) is 13.4. The minimum atomic E-state index is -0.113. The number of carbonyl (C=O) groups excluding carboxylic acids is 1. The van der Waals surface area contributed by atoms with Gasteiger partial charge in [0, 0.05) is 18.0 Å². The lowest BCUT2D eigenvalue weighted by Crippen LogP contribution is -2.41. The van der Waals surface area contributed by atoms with E-state index in [-0.39, 0.29) is 11.9 Å². The van der Waals surface area contributed by atoms with Crippen LogP contribution < -0.4 is 5.32 Å². The van der Waals surface area contributed by atoms with Crippen LogP contribution in [0.4, 0.5) is 0 Å².